The third kappa shape index (κ3) is 6.84. The molecule has 0 radical (unpaired) electrons. The van der Waals surface area contributed by atoms with E-state index in [0.717, 1.165) is 22.3 Å². The molecule has 1 aromatic heterocycles. The van der Waals surface area contributed by atoms with Gasteiger partial charge in [0.1, 0.15) is 5.01 Å². The first-order chi connectivity index (χ1) is 13.9. The van der Waals surface area contributed by atoms with Gasteiger partial charge in [-0.1, -0.05) is 54.8 Å². The van der Waals surface area contributed by atoms with E-state index in [1.54, 1.807) is 0 Å². The summed E-state index contributed by atoms with van der Waals surface area (Å²) in [6, 6.07) is 5.63. The first kappa shape index (κ1) is 23.4. The van der Waals surface area contributed by atoms with Gasteiger partial charge in [0.05, 0.1) is 12.0 Å². The lowest BCUT2D eigenvalue weighted by Gasteiger charge is -2.14. The van der Waals surface area contributed by atoms with Gasteiger partial charge in [-0.05, 0) is 30.7 Å². The molecule has 0 unspecified atom stereocenters. The molecule has 1 aromatic carbocycles. The summed E-state index contributed by atoms with van der Waals surface area (Å²) in [6.07, 6.45) is 8.14. The maximum absolute atomic E-state index is 12.4. The third-order valence-electron chi connectivity index (χ3n) is 4.44. The number of sulfonamides is 1. The standard InChI is InChI=1S/C19H28N4O4S2/c1-4-5-6-7-8-9-10-17-21-22-19(28-17)20-18(24)15-11-13-16(14-12-15)29(25,26)23(2)27-3/h11-14H,4-10H2,1-3H3,(H,20,22,24). The van der Waals surface area contributed by atoms with E-state index in [0.29, 0.717) is 10.7 Å². The Balaban J connectivity index is 1.88. The Morgan fingerprint density at radius 2 is 1.76 bits per heavy atom. The molecule has 0 aliphatic carbocycles. The van der Waals surface area contributed by atoms with Crippen molar-refractivity contribution >= 4 is 32.4 Å². The number of carbonyl (C=O) groups excluding carboxylic acids is 1. The monoisotopic (exact) mass is 440 g/mol. The van der Waals surface area contributed by atoms with Crippen LogP contribution in [-0.4, -0.2) is 43.1 Å². The summed E-state index contributed by atoms with van der Waals surface area (Å²) in [7, 11) is -1.18. The van der Waals surface area contributed by atoms with Gasteiger partial charge in [0, 0.05) is 19.0 Å². The molecular weight excluding hydrogens is 412 g/mol. The van der Waals surface area contributed by atoms with E-state index < -0.39 is 10.0 Å². The highest BCUT2D eigenvalue weighted by Gasteiger charge is 2.21. The molecule has 2 rings (SSSR count). The Kier molecular flexibility index (Phi) is 9.15. The smallest absolute Gasteiger partial charge is 0.264 e. The molecule has 8 nitrogen and oxygen atoms in total. The Hall–Kier alpha value is -1.88. The Bertz CT molecular complexity index is 882. The summed E-state index contributed by atoms with van der Waals surface area (Å²) in [5, 5.41) is 12.2. The maximum atomic E-state index is 12.4. The molecule has 2 aromatic rings. The molecule has 10 heteroatoms. The van der Waals surface area contributed by atoms with Crippen LogP contribution in [-0.2, 0) is 21.3 Å². The van der Waals surface area contributed by atoms with Crippen LogP contribution in [0, 0.1) is 0 Å². The van der Waals surface area contributed by atoms with Crippen LogP contribution < -0.4 is 5.32 Å². The fourth-order valence-electron chi connectivity index (χ4n) is 2.66. The average Bonchev–Trinajstić information content (AvgIpc) is 3.17. The summed E-state index contributed by atoms with van der Waals surface area (Å²) >= 11 is 1.37. The number of benzene rings is 1. The van der Waals surface area contributed by atoms with E-state index in [4.69, 9.17) is 4.84 Å². The lowest BCUT2D eigenvalue weighted by molar-refractivity contribution is -0.0258. The number of aromatic nitrogens is 2. The van der Waals surface area contributed by atoms with Crippen molar-refractivity contribution in [2.24, 2.45) is 0 Å². The highest BCUT2D eigenvalue weighted by molar-refractivity contribution is 7.89. The van der Waals surface area contributed by atoms with Crippen LogP contribution in [0.15, 0.2) is 29.2 Å². The zero-order valence-electron chi connectivity index (χ0n) is 17.1. The molecule has 1 heterocycles. The maximum Gasteiger partial charge on any atom is 0.264 e. The lowest BCUT2D eigenvalue weighted by atomic mass is 10.1. The molecule has 0 aliphatic heterocycles. The number of unbranched alkanes of at least 4 members (excludes halogenated alkanes) is 5. The number of anilines is 1. The van der Waals surface area contributed by atoms with Crippen LogP contribution in [0.3, 0.4) is 0 Å². The zero-order valence-corrected chi connectivity index (χ0v) is 18.7. The van der Waals surface area contributed by atoms with Gasteiger partial charge in [-0.25, -0.2) is 8.42 Å². The summed E-state index contributed by atoms with van der Waals surface area (Å²) in [4.78, 5) is 17.1. The fraction of sp³-hybridized carbons (Fsp3) is 0.526. The van der Waals surface area contributed by atoms with Gasteiger partial charge in [-0.3, -0.25) is 14.9 Å². The molecule has 0 spiro atoms. The molecule has 0 bridgehead atoms. The molecular formula is C19H28N4O4S2. The third-order valence-corrected chi connectivity index (χ3v) is 7.03. The van der Waals surface area contributed by atoms with Crippen molar-refractivity contribution in [3.05, 3.63) is 34.8 Å². The van der Waals surface area contributed by atoms with Gasteiger partial charge in [-0.2, -0.15) is 0 Å². The van der Waals surface area contributed by atoms with Crippen molar-refractivity contribution < 1.29 is 18.0 Å². The topological polar surface area (TPSA) is 101 Å². The highest BCUT2D eigenvalue weighted by Crippen LogP contribution is 2.20. The number of hydrogen-bond acceptors (Lipinski definition) is 7. The second kappa shape index (κ2) is 11.3. The van der Waals surface area contributed by atoms with Crippen molar-refractivity contribution in [2.45, 2.75) is 56.8 Å². The molecule has 160 valence electrons. The number of carbonyl (C=O) groups is 1. The Labute approximate surface area is 176 Å². The van der Waals surface area contributed by atoms with Gasteiger partial charge in [0.25, 0.3) is 15.9 Å². The second-order valence-electron chi connectivity index (χ2n) is 6.59. The summed E-state index contributed by atoms with van der Waals surface area (Å²) in [5.41, 5.74) is 0.330. The highest BCUT2D eigenvalue weighted by atomic mass is 32.2. The van der Waals surface area contributed by atoms with Gasteiger partial charge in [0.2, 0.25) is 5.13 Å². The predicted molar refractivity (Wildman–Crippen MR) is 113 cm³/mol. The minimum Gasteiger partial charge on any atom is -0.296 e. The van der Waals surface area contributed by atoms with Gasteiger partial charge < -0.3 is 0 Å². The number of nitrogens with one attached hydrogen (secondary N) is 1. The van der Waals surface area contributed by atoms with E-state index in [-0.39, 0.29) is 10.8 Å². The SMILES string of the molecule is CCCCCCCCc1nnc(NC(=O)c2ccc(S(=O)(=O)N(C)OC)cc2)s1. The first-order valence-electron chi connectivity index (χ1n) is 9.65. The molecule has 0 aliphatic rings. The number of rotatable bonds is 12. The van der Waals surface area contributed by atoms with Crippen LogP contribution in [0.1, 0.15) is 60.8 Å². The molecule has 0 atom stereocenters. The average molecular weight is 441 g/mol. The summed E-state index contributed by atoms with van der Waals surface area (Å²) in [6.45, 7) is 2.20. The molecule has 0 fully saturated rings. The number of hydrogen-bond donors (Lipinski definition) is 1. The fourth-order valence-corrected chi connectivity index (χ4v) is 4.41. The van der Waals surface area contributed by atoms with Gasteiger partial charge >= 0.3 is 0 Å². The lowest BCUT2D eigenvalue weighted by Crippen LogP contribution is -2.25. The molecule has 29 heavy (non-hydrogen) atoms. The van der Waals surface area contributed by atoms with Crippen molar-refractivity contribution in [3.63, 3.8) is 0 Å². The number of nitrogens with zero attached hydrogens (tertiary/aromatic N) is 3. The minimum absolute atomic E-state index is 0.0375. The summed E-state index contributed by atoms with van der Waals surface area (Å²) in [5.74, 6) is -0.365. The minimum atomic E-state index is -3.74. The van der Waals surface area contributed by atoms with Crippen LogP contribution in [0.4, 0.5) is 5.13 Å². The Morgan fingerprint density at radius 1 is 1.10 bits per heavy atom. The van der Waals surface area contributed by atoms with Crippen molar-refractivity contribution in [1.29, 1.82) is 0 Å². The van der Waals surface area contributed by atoms with E-state index in [1.165, 1.54) is 81.9 Å². The van der Waals surface area contributed by atoms with Gasteiger partial charge in [0.15, 0.2) is 0 Å². The number of aryl methyl sites for hydroxylation is 1. The van der Waals surface area contributed by atoms with E-state index in [2.05, 4.69) is 22.4 Å². The van der Waals surface area contributed by atoms with E-state index >= 15 is 0 Å². The predicted octanol–water partition coefficient (Wildman–Crippen LogP) is 3.88. The second-order valence-corrected chi connectivity index (χ2v) is 9.59. The largest absolute Gasteiger partial charge is 0.296 e. The molecule has 0 saturated heterocycles. The molecule has 0 saturated carbocycles. The molecule has 1 amide bonds. The summed E-state index contributed by atoms with van der Waals surface area (Å²) < 4.78 is 25.1. The molecule has 1 N–H and O–H groups in total. The first-order valence-corrected chi connectivity index (χ1v) is 11.9. The van der Waals surface area contributed by atoms with Crippen molar-refractivity contribution in [2.75, 3.05) is 19.5 Å². The van der Waals surface area contributed by atoms with Crippen molar-refractivity contribution in [1.82, 2.24) is 14.7 Å². The van der Waals surface area contributed by atoms with Gasteiger partial charge in [-0.15, -0.1) is 10.2 Å². The van der Waals surface area contributed by atoms with Crippen molar-refractivity contribution in [3.8, 4) is 0 Å². The van der Waals surface area contributed by atoms with E-state index in [9.17, 15) is 13.2 Å². The van der Waals surface area contributed by atoms with Crippen LogP contribution in [0.5, 0.6) is 0 Å². The van der Waals surface area contributed by atoms with Crippen LogP contribution in [0.2, 0.25) is 0 Å². The van der Waals surface area contributed by atoms with Crippen LogP contribution >= 0.6 is 11.3 Å². The van der Waals surface area contributed by atoms with Crippen LogP contribution in [0.25, 0.3) is 0 Å². The normalized spacial score (nSPS) is 11.7. The number of hydroxylamine groups is 1. The van der Waals surface area contributed by atoms with E-state index in [1.807, 2.05) is 0 Å². The zero-order chi connectivity index (χ0) is 21.3. The Morgan fingerprint density at radius 3 is 2.41 bits per heavy atom. The number of amides is 1. The quantitative estimate of drug-likeness (QED) is 0.397.